The van der Waals surface area contributed by atoms with E-state index in [-0.39, 0.29) is 6.04 Å². The SMILES string of the molecule is CC(C)CN(C)C(CN)c1ccc(Cl)c(Cl)c1. The molecule has 1 aromatic rings. The Morgan fingerprint density at radius 2 is 1.88 bits per heavy atom. The normalized spacial score (nSPS) is 13.4. The van der Waals surface area contributed by atoms with E-state index in [0.717, 1.165) is 12.1 Å². The standard InChI is InChI=1S/C13H20Cl2N2/c1-9(2)8-17(3)13(7-16)10-4-5-11(14)12(15)6-10/h4-6,9,13H,7-8,16H2,1-3H3. The number of nitrogens with two attached hydrogens (primary N) is 1. The number of likely N-dealkylation sites (N-methyl/N-ethyl adjacent to an activating group) is 1. The predicted octanol–water partition coefficient (Wildman–Crippen LogP) is 3.58. The Kier molecular flexibility index (Phi) is 5.74. The van der Waals surface area contributed by atoms with Crippen LogP contribution in [0, 0.1) is 5.92 Å². The molecule has 4 heteroatoms. The molecule has 1 aromatic carbocycles. The lowest BCUT2D eigenvalue weighted by atomic mass is 10.0. The van der Waals surface area contributed by atoms with Crippen molar-refractivity contribution >= 4 is 23.2 Å². The molecule has 2 nitrogen and oxygen atoms in total. The summed E-state index contributed by atoms with van der Waals surface area (Å²) in [5.41, 5.74) is 6.97. The van der Waals surface area contributed by atoms with E-state index in [9.17, 15) is 0 Å². The van der Waals surface area contributed by atoms with Crippen LogP contribution in [0.2, 0.25) is 10.0 Å². The fourth-order valence-electron chi connectivity index (χ4n) is 1.99. The van der Waals surface area contributed by atoms with Crippen LogP contribution in [0.15, 0.2) is 18.2 Å². The summed E-state index contributed by atoms with van der Waals surface area (Å²) in [6, 6.07) is 5.90. The largest absolute Gasteiger partial charge is 0.329 e. The van der Waals surface area contributed by atoms with E-state index < -0.39 is 0 Å². The van der Waals surface area contributed by atoms with Crippen LogP contribution in [-0.2, 0) is 0 Å². The van der Waals surface area contributed by atoms with E-state index in [0.29, 0.717) is 22.5 Å². The molecule has 0 spiro atoms. The first-order chi connectivity index (χ1) is 7.95. The number of halogens is 2. The summed E-state index contributed by atoms with van der Waals surface area (Å²) in [5, 5.41) is 1.17. The molecule has 0 heterocycles. The molecule has 0 aliphatic rings. The van der Waals surface area contributed by atoms with Crippen molar-refractivity contribution in [3.05, 3.63) is 33.8 Å². The van der Waals surface area contributed by atoms with Crippen molar-refractivity contribution in [2.45, 2.75) is 19.9 Å². The summed E-state index contributed by atoms with van der Waals surface area (Å²) in [7, 11) is 2.08. The molecule has 96 valence electrons. The maximum absolute atomic E-state index is 6.03. The number of nitrogens with zero attached hydrogens (tertiary/aromatic N) is 1. The third-order valence-corrected chi connectivity index (χ3v) is 3.48. The molecule has 1 atom stereocenters. The number of hydrogen-bond donors (Lipinski definition) is 1. The third-order valence-electron chi connectivity index (χ3n) is 2.74. The van der Waals surface area contributed by atoms with Crippen molar-refractivity contribution in [2.24, 2.45) is 11.7 Å². The van der Waals surface area contributed by atoms with Gasteiger partial charge in [-0.3, -0.25) is 4.90 Å². The van der Waals surface area contributed by atoms with E-state index in [2.05, 4.69) is 25.8 Å². The van der Waals surface area contributed by atoms with Gasteiger partial charge in [0.05, 0.1) is 10.0 Å². The van der Waals surface area contributed by atoms with Crippen molar-refractivity contribution in [1.29, 1.82) is 0 Å². The van der Waals surface area contributed by atoms with Gasteiger partial charge in [-0.1, -0.05) is 43.1 Å². The maximum Gasteiger partial charge on any atom is 0.0595 e. The molecule has 1 unspecified atom stereocenters. The van der Waals surface area contributed by atoms with E-state index in [4.69, 9.17) is 28.9 Å². The van der Waals surface area contributed by atoms with Gasteiger partial charge in [0.1, 0.15) is 0 Å². The van der Waals surface area contributed by atoms with Gasteiger partial charge in [-0.2, -0.15) is 0 Å². The van der Waals surface area contributed by atoms with Gasteiger partial charge in [0.25, 0.3) is 0 Å². The molecule has 2 N–H and O–H groups in total. The van der Waals surface area contributed by atoms with E-state index >= 15 is 0 Å². The molecule has 1 rings (SSSR count). The highest BCUT2D eigenvalue weighted by molar-refractivity contribution is 6.42. The Bertz CT molecular complexity index is 366. The highest BCUT2D eigenvalue weighted by Gasteiger charge is 2.17. The number of hydrogen-bond acceptors (Lipinski definition) is 2. The summed E-state index contributed by atoms with van der Waals surface area (Å²) in [6.07, 6.45) is 0. The first-order valence-corrected chi connectivity index (χ1v) is 6.56. The summed E-state index contributed by atoms with van der Waals surface area (Å²) in [6.45, 7) is 5.96. The van der Waals surface area contributed by atoms with Crippen LogP contribution in [0.25, 0.3) is 0 Å². The topological polar surface area (TPSA) is 29.3 Å². The molecule has 0 saturated heterocycles. The van der Waals surface area contributed by atoms with Crippen molar-refractivity contribution in [3.63, 3.8) is 0 Å². The Hall–Kier alpha value is -0.280. The maximum atomic E-state index is 6.03. The molecular weight excluding hydrogens is 255 g/mol. The lowest BCUT2D eigenvalue weighted by molar-refractivity contribution is 0.224. The monoisotopic (exact) mass is 274 g/mol. The molecule has 0 aliphatic carbocycles. The smallest absolute Gasteiger partial charge is 0.0595 e. The van der Waals surface area contributed by atoms with E-state index in [1.165, 1.54) is 0 Å². The quantitative estimate of drug-likeness (QED) is 0.890. The summed E-state index contributed by atoms with van der Waals surface area (Å²) >= 11 is 11.9. The molecular formula is C13H20Cl2N2. The van der Waals surface area contributed by atoms with Crippen LogP contribution in [0.4, 0.5) is 0 Å². The molecule has 0 bridgehead atoms. The highest BCUT2D eigenvalue weighted by Crippen LogP contribution is 2.27. The van der Waals surface area contributed by atoms with Crippen molar-refractivity contribution in [2.75, 3.05) is 20.1 Å². The van der Waals surface area contributed by atoms with Gasteiger partial charge in [-0.05, 0) is 30.7 Å². The Balaban J connectivity index is 2.89. The zero-order valence-electron chi connectivity index (χ0n) is 10.6. The van der Waals surface area contributed by atoms with Gasteiger partial charge in [-0.15, -0.1) is 0 Å². The predicted molar refractivity (Wildman–Crippen MR) is 75.7 cm³/mol. The molecule has 17 heavy (non-hydrogen) atoms. The van der Waals surface area contributed by atoms with Gasteiger partial charge < -0.3 is 5.73 Å². The molecule has 0 amide bonds. The lowest BCUT2D eigenvalue weighted by Crippen LogP contribution is -2.33. The Morgan fingerprint density at radius 3 is 2.35 bits per heavy atom. The minimum Gasteiger partial charge on any atom is -0.329 e. The van der Waals surface area contributed by atoms with E-state index in [1.807, 2.05) is 18.2 Å². The number of benzene rings is 1. The van der Waals surface area contributed by atoms with Crippen LogP contribution in [0.1, 0.15) is 25.5 Å². The van der Waals surface area contributed by atoms with Crippen LogP contribution >= 0.6 is 23.2 Å². The van der Waals surface area contributed by atoms with Crippen molar-refractivity contribution in [1.82, 2.24) is 4.90 Å². The van der Waals surface area contributed by atoms with Crippen LogP contribution in [-0.4, -0.2) is 25.0 Å². The van der Waals surface area contributed by atoms with Crippen molar-refractivity contribution in [3.8, 4) is 0 Å². The zero-order chi connectivity index (χ0) is 13.0. The van der Waals surface area contributed by atoms with Gasteiger partial charge in [0.2, 0.25) is 0 Å². The average Bonchev–Trinajstić information content (AvgIpc) is 2.23. The minimum absolute atomic E-state index is 0.187. The first kappa shape index (κ1) is 14.8. The molecule has 0 aromatic heterocycles. The Morgan fingerprint density at radius 1 is 1.24 bits per heavy atom. The summed E-state index contributed by atoms with van der Waals surface area (Å²) in [4.78, 5) is 2.25. The summed E-state index contributed by atoms with van der Waals surface area (Å²) in [5.74, 6) is 0.608. The third kappa shape index (κ3) is 4.14. The van der Waals surface area contributed by atoms with Crippen LogP contribution in [0.3, 0.4) is 0 Å². The first-order valence-electron chi connectivity index (χ1n) is 5.81. The molecule has 0 aliphatic heterocycles. The fourth-order valence-corrected chi connectivity index (χ4v) is 2.30. The average molecular weight is 275 g/mol. The molecule has 0 saturated carbocycles. The highest BCUT2D eigenvalue weighted by atomic mass is 35.5. The van der Waals surface area contributed by atoms with Crippen LogP contribution < -0.4 is 5.73 Å². The van der Waals surface area contributed by atoms with Gasteiger partial charge in [0.15, 0.2) is 0 Å². The zero-order valence-corrected chi connectivity index (χ0v) is 12.1. The van der Waals surface area contributed by atoms with Gasteiger partial charge >= 0.3 is 0 Å². The van der Waals surface area contributed by atoms with Crippen molar-refractivity contribution < 1.29 is 0 Å². The van der Waals surface area contributed by atoms with Gasteiger partial charge in [-0.25, -0.2) is 0 Å². The second-order valence-corrected chi connectivity index (χ2v) is 5.57. The minimum atomic E-state index is 0.187. The lowest BCUT2D eigenvalue weighted by Gasteiger charge is -2.29. The molecule has 0 radical (unpaired) electrons. The Labute approximate surface area is 114 Å². The fraction of sp³-hybridized carbons (Fsp3) is 0.538. The second-order valence-electron chi connectivity index (χ2n) is 4.76. The molecule has 0 fully saturated rings. The van der Waals surface area contributed by atoms with Gasteiger partial charge in [0, 0.05) is 19.1 Å². The summed E-state index contributed by atoms with van der Waals surface area (Å²) < 4.78 is 0. The number of rotatable bonds is 5. The van der Waals surface area contributed by atoms with Crippen LogP contribution in [0.5, 0.6) is 0 Å². The second kappa shape index (κ2) is 6.60. The van der Waals surface area contributed by atoms with E-state index in [1.54, 1.807) is 0 Å².